The summed E-state index contributed by atoms with van der Waals surface area (Å²) in [5.41, 5.74) is 0.610. The molecule has 0 spiro atoms. The van der Waals surface area contributed by atoms with Crippen molar-refractivity contribution in [1.29, 1.82) is 0 Å². The highest BCUT2D eigenvalue weighted by molar-refractivity contribution is 4.95. The Kier molecular flexibility index (Phi) is 3.53. The van der Waals surface area contributed by atoms with Crippen LogP contribution in [0, 0.1) is 11.3 Å². The first-order valence-corrected chi connectivity index (χ1v) is 4.95. The molecule has 2 nitrogen and oxygen atoms in total. The van der Waals surface area contributed by atoms with Crippen LogP contribution < -0.4 is 5.32 Å². The molecule has 0 radical (unpaired) electrons. The fourth-order valence-corrected chi connectivity index (χ4v) is 1.49. The first kappa shape index (κ1) is 10.0. The molecule has 12 heavy (non-hydrogen) atoms. The molecule has 0 aromatic carbocycles. The van der Waals surface area contributed by atoms with Gasteiger partial charge in [-0.25, -0.2) is 0 Å². The summed E-state index contributed by atoms with van der Waals surface area (Å²) in [7, 11) is 0. The molecule has 72 valence electrons. The molecule has 0 heterocycles. The summed E-state index contributed by atoms with van der Waals surface area (Å²) in [6, 6.07) is 0. The Balaban J connectivity index is 1.85. The zero-order valence-corrected chi connectivity index (χ0v) is 8.52. The molecule has 1 unspecified atom stereocenters. The average Bonchev–Trinajstić information content (AvgIpc) is 2.59. The monoisotopic (exact) mass is 171 g/mol. The Morgan fingerprint density at radius 2 is 2.17 bits per heavy atom. The van der Waals surface area contributed by atoms with Gasteiger partial charge in [0.25, 0.3) is 0 Å². The summed E-state index contributed by atoms with van der Waals surface area (Å²) in [6.07, 6.45) is 1.38. The summed E-state index contributed by atoms with van der Waals surface area (Å²) in [5.74, 6) is 0.902. The van der Waals surface area contributed by atoms with Crippen LogP contribution in [0.4, 0.5) is 0 Å². The number of hydrogen-bond acceptors (Lipinski definition) is 2. The van der Waals surface area contributed by atoms with Crippen molar-refractivity contribution >= 4 is 0 Å². The van der Waals surface area contributed by atoms with Crippen LogP contribution in [0.1, 0.15) is 27.2 Å². The van der Waals surface area contributed by atoms with Crippen molar-refractivity contribution in [2.24, 2.45) is 11.3 Å². The Bertz CT molecular complexity index is 134. The molecular formula is C10H21NO. The van der Waals surface area contributed by atoms with Crippen LogP contribution in [0.3, 0.4) is 0 Å². The van der Waals surface area contributed by atoms with E-state index < -0.39 is 0 Å². The van der Waals surface area contributed by atoms with Gasteiger partial charge in [-0.1, -0.05) is 13.8 Å². The van der Waals surface area contributed by atoms with Crippen molar-refractivity contribution in [3.05, 3.63) is 0 Å². The van der Waals surface area contributed by atoms with Gasteiger partial charge >= 0.3 is 0 Å². The molecule has 2 heteroatoms. The van der Waals surface area contributed by atoms with Gasteiger partial charge in [0, 0.05) is 13.2 Å². The molecule has 1 rings (SSSR count). The van der Waals surface area contributed by atoms with E-state index in [-0.39, 0.29) is 0 Å². The van der Waals surface area contributed by atoms with Crippen molar-refractivity contribution in [3.8, 4) is 0 Å². The van der Waals surface area contributed by atoms with E-state index in [0.717, 1.165) is 25.7 Å². The lowest BCUT2D eigenvalue weighted by molar-refractivity contribution is 0.149. The zero-order chi connectivity index (χ0) is 9.03. The van der Waals surface area contributed by atoms with E-state index in [0.29, 0.717) is 5.41 Å². The number of hydrogen-bond donors (Lipinski definition) is 1. The van der Waals surface area contributed by atoms with E-state index in [1.165, 1.54) is 13.0 Å². The first-order valence-electron chi connectivity index (χ1n) is 4.95. The van der Waals surface area contributed by atoms with Crippen LogP contribution in [0.15, 0.2) is 0 Å². The van der Waals surface area contributed by atoms with Gasteiger partial charge in [0.15, 0.2) is 0 Å². The molecule has 1 fully saturated rings. The van der Waals surface area contributed by atoms with Crippen molar-refractivity contribution in [3.63, 3.8) is 0 Å². The highest BCUT2D eigenvalue weighted by Gasteiger charge is 2.44. The van der Waals surface area contributed by atoms with E-state index in [4.69, 9.17) is 4.74 Å². The minimum absolute atomic E-state index is 0.610. The molecule has 0 saturated heterocycles. The first-order chi connectivity index (χ1) is 5.67. The predicted molar refractivity (Wildman–Crippen MR) is 51.3 cm³/mol. The van der Waals surface area contributed by atoms with Crippen molar-refractivity contribution in [2.45, 2.75) is 27.2 Å². The minimum Gasteiger partial charge on any atom is -0.380 e. The summed E-state index contributed by atoms with van der Waals surface area (Å²) in [6.45, 7) is 10.6. The van der Waals surface area contributed by atoms with E-state index in [1.807, 2.05) is 6.92 Å². The highest BCUT2D eigenvalue weighted by atomic mass is 16.5. The molecule has 0 amide bonds. The Labute approximate surface area is 75.7 Å². The maximum absolute atomic E-state index is 5.23. The standard InChI is InChI=1S/C10H21NO/c1-4-12-6-5-11-8-9-7-10(9,2)3/h9,11H,4-8H2,1-3H3. The maximum atomic E-state index is 5.23. The molecule has 1 saturated carbocycles. The third-order valence-electron chi connectivity index (χ3n) is 2.74. The molecule has 1 N–H and O–H groups in total. The Hall–Kier alpha value is -0.0800. The van der Waals surface area contributed by atoms with E-state index in [2.05, 4.69) is 19.2 Å². The van der Waals surface area contributed by atoms with Crippen LogP contribution in [0.2, 0.25) is 0 Å². The maximum Gasteiger partial charge on any atom is 0.0590 e. The van der Waals surface area contributed by atoms with Gasteiger partial charge in [0.2, 0.25) is 0 Å². The van der Waals surface area contributed by atoms with Gasteiger partial charge in [0.1, 0.15) is 0 Å². The van der Waals surface area contributed by atoms with Gasteiger partial charge in [-0.3, -0.25) is 0 Å². The smallest absolute Gasteiger partial charge is 0.0590 e. The summed E-state index contributed by atoms with van der Waals surface area (Å²) in [4.78, 5) is 0. The fraction of sp³-hybridized carbons (Fsp3) is 1.00. The van der Waals surface area contributed by atoms with Crippen molar-refractivity contribution in [2.75, 3.05) is 26.3 Å². The minimum atomic E-state index is 0.610. The van der Waals surface area contributed by atoms with Crippen LogP contribution in [-0.2, 0) is 4.74 Å². The molecule has 0 aromatic rings. The van der Waals surface area contributed by atoms with Crippen molar-refractivity contribution < 1.29 is 4.74 Å². The molecular weight excluding hydrogens is 150 g/mol. The predicted octanol–water partition coefficient (Wildman–Crippen LogP) is 1.66. The zero-order valence-electron chi connectivity index (χ0n) is 8.52. The fourth-order valence-electron chi connectivity index (χ4n) is 1.49. The lowest BCUT2D eigenvalue weighted by atomic mass is 10.1. The van der Waals surface area contributed by atoms with E-state index in [9.17, 15) is 0 Å². The summed E-state index contributed by atoms with van der Waals surface area (Å²) < 4.78 is 5.23. The number of nitrogens with one attached hydrogen (secondary N) is 1. The summed E-state index contributed by atoms with van der Waals surface area (Å²) in [5, 5.41) is 3.41. The SMILES string of the molecule is CCOCCNCC1CC1(C)C. The third kappa shape index (κ3) is 3.11. The quantitative estimate of drug-likeness (QED) is 0.614. The topological polar surface area (TPSA) is 21.3 Å². The van der Waals surface area contributed by atoms with E-state index >= 15 is 0 Å². The molecule has 1 aliphatic carbocycles. The molecule has 0 aromatic heterocycles. The van der Waals surface area contributed by atoms with Gasteiger partial charge in [0.05, 0.1) is 6.61 Å². The van der Waals surface area contributed by atoms with Crippen molar-refractivity contribution in [1.82, 2.24) is 5.32 Å². The van der Waals surface area contributed by atoms with Crippen LogP contribution in [0.5, 0.6) is 0 Å². The third-order valence-corrected chi connectivity index (χ3v) is 2.74. The molecule has 1 atom stereocenters. The van der Waals surface area contributed by atoms with Crippen LogP contribution in [0.25, 0.3) is 0 Å². The second kappa shape index (κ2) is 4.24. The van der Waals surface area contributed by atoms with Gasteiger partial charge in [-0.05, 0) is 31.2 Å². The lowest BCUT2D eigenvalue weighted by Gasteiger charge is -2.05. The van der Waals surface area contributed by atoms with Gasteiger partial charge in [-0.2, -0.15) is 0 Å². The summed E-state index contributed by atoms with van der Waals surface area (Å²) >= 11 is 0. The Morgan fingerprint density at radius 3 is 2.67 bits per heavy atom. The van der Waals surface area contributed by atoms with Gasteiger partial charge in [-0.15, -0.1) is 0 Å². The number of ether oxygens (including phenoxy) is 1. The van der Waals surface area contributed by atoms with Crippen LogP contribution in [-0.4, -0.2) is 26.3 Å². The van der Waals surface area contributed by atoms with Gasteiger partial charge < -0.3 is 10.1 Å². The highest BCUT2D eigenvalue weighted by Crippen LogP contribution is 2.50. The Morgan fingerprint density at radius 1 is 1.50 bits per heavy atom. The molecule has 1 aliphatic rings. The molecule has 0 bridgehead atoms. The average molecular weight is 171 g/mol. The largest absolute Gasteiger partial charge is 0.380 e. The second-order valence-electron chi connectivity index (χ2n) is 4.29. The van der Waals surface area contributed by atoms with Crippen LogP contribution >= 0.6 is 0 Å². The lowest BCUT2D eigenvalue weighted by Crippen LogP contribution is -2.23. The number of rotatable bonds is 6. The normalized spacial score (nSPS) is 25.8. The van der Waals surface area contributed by atoms with E-state index in [1.54, 1.807) is 0 Å². The second-order valence-corrected chi connectivity index (χ2v) is 4.29. The molecule has 0 aliphatic heterocycles.